The Morgan fingerprint density at radius 2 is 2.21 bits per heavy atom. The van der Waals surface area contributed by atoms with E-state index in [1.807, 2.05) is 0 Å². The molecule has 0 radical (unpaired) electrons. The van der Waals surface area contributed by atoms with Crippen molar-refractivity contribution in [1.29, 1.82) is 0 Å². The number of carboxylic acids is 1. The third-order valence-electron chi connectivity index (χ3n) is 3.26. The van der Waals surface area contributed by atoms with Crippen LogP contribution in [0.1, 0.15) is 12.8 Å². The first-order chi connectivity index (χ1) is 8.86. The maximum absolute atomic E-state index is 13.0. The standard InChI is InChI=1S/C10H14F2N2O5/c1-18-5-7-3-2-6-4-13(7)9(17)14(6)19-10(11,12)8(15)16/h6-7H,2-5H2,1H3,(H,15,16)/p-1/t6-,7+/m1/s1. The number of hydrogen-bond donors (Lipinski definition) is 0. The number of carbonyl (C=O) groups is 2. The van der Waals surface area contributed by atoms with Crippen molar-refractivity contribution in [3.05, 3.63) is 0 Å². The first kappa shape index (κ1) is 13.9. The molecule has 9 heteroatoms. The molecular formula is C10H13F2N2O5-. The molecule has 2 atom stereocenters. The quantitative estimate of drug-likeness (QED) is 0.656. The molecule has 2 aliphatic heterocycles. The molecule has 2 bridgehead atoms. The van der Waals surface area contributed by atoms with Crippen molar-refractivity contribution in [1.82, 2.24) is 9.96 Å². The van der Waals surface area contributed by atoms with Crippen LogP contribution in [0.3, 0.4) is 0 Å². The van der Waals surface area contributed by atoms with E-state index in [9.17, 15) is 23.5 Å². The van der Waals surface area contributed by atoms with Gasteiger partial charge >= 0.3 is 12.1 Å². The number of alkyl halides is 2. The number of amides is 2. The summed E-state index contributed by atoms with van der Waals surface area (Å²) >= 11 is 0. The monoisotopic (exact) mass is 279 g/mol. The average Bonchev–Trinajstić information content (AvgIpc) is 2.58. The van der Waals surface area contributed by atoms with Gasteiger partial charge in [0.05, 0.1) is 18.7 Å². The van der Waals surface area contributed by atoms with E-state index in [1.165, 1.54) is 12.0 Å². The molecule has 0 saturated carbocycles. The largest absolute Gasteiger partial charge is 0.542 e. The van der Waals surface area contributed by atoms with Gasteiger partial charge < -0.3 is 19.5 Å². The molecule has 2 fully saturated rings. The Balaban J connectivity index is 2.09. The molecule has 2 amide bonds. The van der Waals surface area contributed by atoms with E-state index in [0.717, 1.165) is 0 Å². The summed E-state index contributed by atoms with van der Waals surface area (Å²) in [5.74, 6) is -2.68. The van der Waals surface area contributed by atoms with E-state index in [1.54, 1.807) is 0 Å². The molecule has 0 N–H and O–H groups in total. The van der Waals surface area contributed by atoms with Crippen molar-refractivity contribution >= 4 is 12.0 Å². The maximum Gasteiger partial charge on any atom is 0.417 e. The Kier molecular flexibility index (Phi) is 3.59. The minimum atomic E-state index is -4.52. The Hall–Kier alpha value is -1.48. The maximum atomic E-state index is 13.0. The highest BCUT2D eigenvalue weighted by molar-refractivity contribution is 5.77. The van der Waals surface area contributed by atoms with Gasteiger partial charge in [0.15, 0.2) is 0 Å². The zero-order valence-corrected chi connectivity index (χ0v) is 10.2. The van der Waals surface area contributed by atoms with E-state index < -0.39 is 24.2 Å². The highest BCUT2D eigenvalue weighted by Gasteiger charge is 2.49. The fraction of sp³-hybridized carbons (Fsp3) is 0.800. The van der Waals surface area contributed by atoms with Crippen molar-refractivity contribution in [2.75, 3.05) is 20.3 Å². The SMILES string of the molecule is COC[C@@H]1CC[C@@H]2CN1C(=O)N2OC(F)(F)C(=O)[O-]. The number of halogens is 2. The molecule has 0 unspecified atom stereocenters. The lowest BCUT2D eigenvalue weighted by atomic mass is 10.0. The molecule has 19 heavy (non-hydrogen) atoms. The van der Waals surface area contributed by atoms with Crippen LogP contribution in [-0.4, -0.2) is 60.4 Å². The van der Waals surface area contributed by atoms with Crippen LogP contribution in [-0.2, 0) is 14.4 Å². The lowest BCUT2D eigenvalue weighted by molar-refractivity contribution is -0.394. The van der Waals surface area contributed by atoms with E-state index in [0.29, 0.717) is 24.5 Å². The van der Waals surface area contributed by atoms with Gasteiger partial charge in [-0.1, -0.05) is 0 Å². The lowest BCUT2D eigenvalue weighted by Crippen LogP contribution is -2.49. The smallest absolute Gasteiger partial charge is 0.417 e. The number of carboxylic acid groups (broad SMARTS) is 1. The lowest BCUT2D eigenvalue weighted by Gasteiger charge is -2.29. The predicted molar refractivity (Wildman–Crippen MR) is 53.7 cm³/mol. The summed E-state index contributed by atoms with van der Waals surface area (Å²) in [6, 6.07) is -1.56. The number of hydrogen-bond acceptors (Lipinski definition) is 5. The second-order valence-corrected chi connectivity index (χ2v) is 4.50. The third kappa shape index (κ3) is 2.47. The number of urea groups is 1. The number of carbonyl (C=O) groups excluding carboxylic acids is 2. The van der Waals surface area contributed by atoms with E-state index in [-0.39, 0.29) is 12.6 Å². The van der Waals surface area contributed by atoms with Gasteiger partial charge in [-0.15, -0.1) is 0 Å². The van der Waals surface area contributed by atoms with Gasteiger partial charge in [0.2, 0.25) is 0 Å². The topological polar surface area (TPSA) is 82.1 Å². The first-order valence-corrected chi connectivity index (χ1v) is 5.74. The van der Waals surface area contributed by atoms with Gasteiger partial charge in [-0.3, -0.25) is 0 Å². The van der Waals surface area contributed by atoms with Crippen molar-refractivity contribution in [3.63, 3.8) is 0 Å². The highest BCUT2D eigenvalue weighted by atomic mass is 19.3. The van der Waals surface area contributed by atoms with Crippen LogP contribution < -0.4 is 5.11 Å². The van der Waals surface area contributed by atoms with Crippen molar-refractivity contribution in [2.45, 2.75) is 31.0 Å². The summed E-state index contributed by atoms with van der Waals surface area (Å²) in [6.45, 7) is 0.513. The van der Waals surface area contributed by atoms with Gasteiger partial charge in [0.1, 0.15) is 5.97 Å². The minimum absolute atomic E-state index is 0.209. The number of hydroxylamine groups is 2. The third-order valence-corrected chi connectivity index (χ3v) is 3.26. The molecular weight excluding hydrogens is 266 g/mol. The van der Waals surface area contributed by atoms with Gasteiger partial charge in [0, 0.05) is 13.7 Å². The number of fused-ring (bicyclic) bond motifs is 2. The second-order valence-electron chi connectivity index (χ2n) is 4.50. The molecule has 0 spiro atoms. The van der Waals surface area contributed by atoms with Gasteiger partial charge in [0.25, 0.3) is 0 Å². The van der Waals surface area contributed by atoms with Crippen molar-refractivity contribution in [2.24, 2.45) is 0 Å². The van der Waals surface area contributed by atoms with Crippen molar-refractivity contribution in [3.8, 4) is 0 Å². The minimum Gasteiger partial charge on any atom is -0.542 e. The van der Waals surface area contributed by atoms with Crippen molar-refractivity contribution < 1.29 is 33.1 Å². The molecule has 2 saturated heterocycles. The summed E-state index contributed by atoms with van der Waals surface area (Å²) in [4.78, 5) is 27.5. The van der Waals surface area contributed by atoms with E-state index in [2.05, 4.69) is 4.84 Å². The summed E-state index contributed by atoms with van der Waals surface area (Å²) < 4.78 is 30.9. The molecule has 108 valence electrons. The van der Waals surface area contributed by atoms with E-state index in [4.69, 9.17) is 4.74 Å². The number of aliphatic carboxylic acids is 1. The number of rotatable bonds is 5. The Morgan fingerprint density at radius 1 is 1.53 bits per heavy atom. The predicted octanol–water partition coefficient (Wildman–Crippen LogP) is -0.824. The molecule has 0 aromatic carbocycles. The summed E-state index contributed by atoms with van der Waals surface area (Å²) in [5, 5.41) is 10.7. The van der Waals surface area contributed by atoms with Crippen LogP contribution in [0, 0.1) is 0 Å². The number of nitrogens with zero attached hydrogens (tertiary/aromatic N) is 2. The molecule has 2 aliphatic rings. The van der Waals surface area contributed by atoms with Crippen LogP contribution in [0.15, 0.2) is 0 Å². The summed E-state index contributed by atoms with van der Waals surface area (Å²) in [6.07, 6.45) is -3.49. The Bertz CT molecular complexity index is 392. The Labute approximate surface area is 107 Å². The van der Waals surface area contributed by atoms with Crippen LogP contribution >= 0.6 is 0 Å². The summed E-state index contributed by atoms with van der Waals surface area (Å²) in [5.41, 5.74) is 0. The normalized spacial score (nSPS) is 27.0. The van der Waals surface area contributed by atoms with Gasteiger partial charge in [-0.25, -0.2) is 4.79 Å². The zero-order valence-electron chi connectivity index (χ0n) is 10.2. The fourth-order valence-corrected chi connectivity index (χ4v) is 2.36. The second kappa shape index (κ2) is 4.89. The molecule has 0 aromatic rings. The number of ether oxygens (including phenoxy) is 1. The molecule has 2 rings (SSSR count). The fourth-order valence-electron chi connectivity index (χ4n) is 2.36. The number of methoxy groups -OCH3 is 1. The van der Waals surface area contributed by atoms with Crippen LogP contribution in [0.5, 0.6) is 0 Å². The molecule has 0 aromatic heterocycles. The van der Waals surface area contributed by atoms with Crippen LogP contribution in [0.25, 0.3) is 0 Å². The zero-order chi connectivity index (χ0) is 14.2. The highest BCUT2D eigenvalue weighted by Crippen LogP contribution is 2.32. The molecule has 7 nitrogen and oxygen atoms in total. The van der Waals surface area contributed by atoms with Crippen LogP contribution in [0.4, 0.5) is 13.6 Å². The number of piperidine rings is 1. The Morgan fingerprint density at radius 3 is 2.79 bits per heavy atom. The molecule has 2 heterocycles. The average molecular weight is 279 g/mol. The first-order valence-electron chi connectivity index (χ1n) is 5.74. The van der Waals surface area contributed by atoms with Gasteiger partial charge in [-0.05, 0) is 12.8 Å². The van der Waals surface area contributed by atoms with Gasteiger partial charge in [-0.2, -0.15) is 18.7 Å². The van der Waals surface area contributed by atoms with Crippen LogP contribution in [0.2, 0.25) is 0 Å². The van der Waals surface area contributed by atoms with E-state index >= 15 is 0 Å². The molecule has 0 aliphatic carbocycles. The summed E-state index contributed by atoms with van der Waals surface area (Å²) in [7, 11) is 1.48.